The molecule has 0 amide bonds. The van der Waals surface area contributed by atoms with E-state index in [0.717, 1.165) is 11.3 Å². The van der Waals surface area contributed by atoms with Gasteiger partial charge < -0.3 is 4.42 Å². The lowest BCUT2D eigenvalue weighted by atomic mass is 10.1. The maximum atomic E-state index is 6.35. The number of fused-ring (bicyclic) bond motifs is 1. The molecule has 0 saturated heterocycles. The number of amidine groups is 2. The van der Waals surface area contributed by atoms with Gasteiger partial charge in [-0.2, -0.15) is 4.99 Å². The van der Waals surface area contributed by atoms with Crippen LogP contribution in [-0.2, 0) is 0 Å². The maximum Gasteiger partial charge on any atom is 0.300 e. The summed E-state index contributed by atoms with van der Waals surface area (Å²) >= 11 is 1.70. The topological polar surface area (TPSA) is 76.2 Å². The Balaban J connectivity index is 1.71. The quantitative estimate of drug-likeness (QED) is 0.536. The second-order valence-corrected chi connectivity index (χ2v) is 5.99. The van der Waals surface area contributed by atoms with Crippen LogP contribution < -0.4 is 5.84 Å². The number of benzene rings is 1. The molecule has 0 fully saturated rings. The van der Waals surface area contributed by atoms with E-state index in [-0.39, 0.29) is 4.70 Å². The number of hydrogen-bond donors (Lipinski definition) is 1. The first-order valence-corrected chi connectivity index (χ1v) is 8.22. The van der Waals surface area contributed by atoms with E-state index in [2.05, 4.69) is 27.2 Å². The Morgan fingerprint density at radius 3 is 2.70 bits per heavy atom. The van der Waals surface area contributed by atoms with Crippen LogP contribution in [0.25, 0.3) is 5.70 Å². The third-order valence-electron chi connectivity index (χ3n) is 3.61. The summed E-state index contributed by atoms with van der Waals surface area (Å²) in [6, 6.07) is 11.8. The number of hydrogen-bond acceptors (Lipinski definition) is 6. The van der Waals surface area contributed by atoms with Crippen molar-refractivity contribution in [1.82, 2.24) is 0 Å². The first-order chi connectivity index (χ1) is 11.2. The Kier molecular flexibility index (Phi) is 3.26. The van der Waals surface area contributed by atoms with Crippen LogP contribution in [0.15, 0.2) is 73.3 Å². The van der Waals surface area contributed by atoms with E-state index in [1.165, 1.54) is 4.90 Å². The van der Waals surface area contributed by atoms with Gasteiger partial charge >= 0.3 is 0 Å². The van der Waals surface area contributed by atoms with Gasteiger partial charge in [-0.1, -0.05) is 12.1 Å². The van der Waals surface area contributed by atoms with Gasteiger partial charge in [0.05, 0.1) is 6.26 Å². The lowest BCUT2D eigenvalue weighted by Crippen LogP contribution is -2.50. The number of aliphatic imine (C=N–C) groups is 2. The van der Waals surface area contributed by atoms with Crippen LogP contribution in [0, 0.1) is 0 Å². The van der Waals surface area contributed by atoms with Crippen LogP contribution in [0.4, 0.5) is 0 Å². The molecule has 0 aliphatic carbocycles. The Bertz CT molecular complexity index is 864. The summed E-state index contributed by atoms with van der Waals surface area (Å²) in [4.78, 5) is 10.1. The minimum Gasteiger partial charge on any atom is -0.461 e. The molecule has 2 aliphatic rings. The second kappa shape index (κ2) is 5.31. The van der Waals surface area contributed by atoms with Gasteiger partial charge in [-0.15, -0.1) is 17.6 Å². The highest BCUT2D eigenvalue weighted by atomic mass is 32.2. The molecule has 7 heteroatoms. The summed E-state index contributed by atoms with van der Waals surface area (Å²) in [7, 11) is 0. The minimum absolute atomic E-state index is 0.251. The van der Waals surface area contributed by atoms with Crippen molar-refractivity contribution in [3.8, 4) is 0 Å². The van der Waals surface area contributed by atoms with E-state index in [9.17, 15) is 0 Å². The minimum atomic E-state index is -0.251. The molecule has 1 unspecified atom stereocenters. The van der Waals surface area contributed by atoms with Crippen molar-refractivity contribution in [3.63, 3.8) is 0 Å². The first-order valence-electron chi connectivity index (χ1n) is 7.00. The van der Waals surface area contributed by atoms with Crippen LogP contribution in [0.3, 0.4) is 0 Å². The smallest absolute Gasteiger partial charge is 0.300 e. The first kappa shape index (κ1) is 14.1. The average Bonchev–Trinajstić information content (AvgIpc) is 3.21. The SMILES string of the molecule is CSc1ccc(C2=C[N+]3(N)N=C(c4ccco4)N=C3C=N2)cc1. The zero-order valence-corrected chi connectivity index (χ0v) is 13.2. The highest BCUT2D eigenvalue weighted by molar-refractivity contribution is 7.98. The molecule has 6 nitrogen and oxygen atoms in total. The monoisotopic (exact) mass is 324 g/mol. The Hall–Kier alpha value is -2.48. The normalized spacial score (nSPS) is 22.4. The molecular weight excluding hydrogens is 310 g/mol. The van der Waals surface area contributed by atoms with Crippen LogP contribution in [-0.4, -0.2) is 28.8 Å². The molecule has 2 N–H and O–H groups in total. The van der Waals surface area contributed by atoms with Gasteiger partial charge in [0.25, 0.3) is 11.7 Å². The second-order valence-electron chi connectivity index (χ2n) is 5.11. The highest BCUT2D eigenvalue weighted by Gasteiger charge is 2.40. The van der Waals surface area contributed by atoms with Gasteiger partial charge in [-0.25, -0.2) is 4.99 Å². The van der Waals surface area contributed by atoms with Crippen LogP contribution in [0.2, 0.25) is 0 Å². The van der Waals surface area contributed by atoms with Crippen molar-refractivity contribution in [2.45, 2.75) is 4.90 Å². The summed E-state index contributed by atoms with van der Waals surface area (Å²) in [5.74, 6) is 7.96. The molecule has 2 aliphatic heterocycles. The lowest BCUT2D eigenvalue weighted by Gasteiger charge is -2.19. The van der Waals surface area contributed by atoms with Crippen LogP contribution in [0.1, 0.15) is 11.3 Å². The molecule has 2 aromatic rings. The van der Waals surface area contributed by atoms with Crippen LogP contribution in [0.5, 0.6) is 0 Å². The fraction of sp³-hybridized carbons (Fsp3) is 0.0625. The molecule has 1 atom stereocenters. The summed E-state index contributed by atoms with van der Waals surface area (Å²) in [6.07, 6.45) is 7.06. The Morgan fingerprint density at radius 1 is 1.17 bits per heavy atom. The molecular formula is C16H14N5OS+. The molecule has 3 heterocycles. The van der Waals surface area contributed by atoms with Crippen molar-refractivity contribution in [2.24, 2.45) is 20.9 Å². The van der Waals surface area contributed by atoms with Gasteiger partial charge in [0.15, 0.2) is 12.0 Å². The summed E-state index contributed by atoms with van der Waals surface area (Å²) < 4.78 is 5.08. The van der Waals surface area contributed by atoms with Gasteiger partial charge in [-0.3, -0.25) is 0 Å². The van der Waals surface area contributed by atoms with Gasteiger partial charge in [0.2, 0.25) is 0 Å². The molecule has 0 spiro atoms. The van der Waals surface area contributed by atoms with E-state index < -0.39 is 0 Å². The van der Waals surface area contributed by atoms with E-state index in [1.54, 1.807) is 42.6 Å². The van der Waals surface area contributed by atoms with E-state index in [4.69, 9.17) is 10.3 Å². The number of furan rings is 1. The number of rotatable bonds is 3. The number of thioether (sulfide) groups is 1. The fourth-order valence-electron chi connectivity index (χ4n) is 2.40. The third kappa shape index (κ3) is 2.44. The zero-order chi connectivity index (χ0) is 15.9. The summed E-state index contributed by atoms with van der Waals surface area (Å²) in [5.41, 5.74) is 1.76. The molecule has 0 bridgehead atoms. The number of quaternary nitrogens is 1. The van der Waals surface area contributed by atoms with Crippen molar-refractivity contribution in [3.05, 3.63) is 60.2 Å². The van der Waals surface area contributed by atoms with Crippen molar-refractivity contribution < 1.29 is 9.12 Å². The van der Waals surface area contributed by atoms with E-state index >= 15 is 0 Å². The van der Waals surface area contributed by atoms with Crippen molar-refractivity contribution in [2.75, 3.05) is 6.26 Å². The van der Waals surface area contributed by atoms with Gasteiger partial charge in [0, 0.05) is 10.5 Å². The average molecular weight is 324 g/mol. The Labute approximate surface area is 137 Å². The number of nitrogens with zero attached hydrogens (tertiary/aromatic N) is 4. The molecule has 114 valence electrons. The fourth-order valence-corrected chi connectivity index (χ4v) is 2.81. The highest BCUT2D eigenvalue weighted by Crippen LogP contribution is 2.27. The molecule has 23 heavy (non-hydrogen) atoms. The number of nitrogens with two attached hydrogens (primary N) is 1. The third-order valence-corrected chi connectivity index (χ3v) is 4.36. The van der Waals surface area contributed by atoms with Crippen molar-refractivity contribution >= 4 is 35.3 Å². The van der Waals surface area contributed by atoms with E-state index in [1.807, 2.05) is 18.4 Å². The standard InChI is InChI=1S/C16H14N5OS/c1-23-12-6-4-11(5-7-12)13-10-21(17)15(9-18-13)19-16(20-21)14-3-2-8-22-14/h2-10H,17H2,1H3/q+1. The maximum absolute atomic E-state index is 6.35. The Morgan fingerprint density at radius 2 is 2.00 bits per heavy atom. The lowest BCUT2D eigenvalue weighted by molar-refractivity contribution is -0.802. The summed E-state index contributed by atoms with van der Waals surface area (Å²) in [5, 5.41) is 4.46. The van der Waals surface area contributed by atoms with Gasteiger partial charge in [0.1, 0.15) is 11.9 Å². The van der Waals surface area contributed by atoms with Crippen LogP contribution >= 0.6 is 11.8 Å². The molecule has 1 aromatic carbocycles. The molecule has 0 radical (unpaired) electrons. The molecule has 0 saturated carbocycles. The largest absolute Gasteiger partial charge is 0.461 e. The zero-order valence-electron chi connectivity index (χ0n) is 12.4. The predicted molar refractivity (Wildman–Crippen MR) is 91.8 cm³/mol. The van der Waals surface area contributed by atoms with E-state index in [0.29, 0.717) is 17.4 Å². The van der Waals surface area contributed by atoms with Crippen molar-refractivity contribution in [1.29, 1.82) is 0 Å². The molecule has 1 aromatic heterocycles. The van der Waals surface area contributed by atoms with Gasteiger partial charge in [-0.05, 0) is 40.3 Å². The summed E-state index contributed by atoms with van der Waals surface area (Å²) in [6.45, 7) is 0. The molecule has 4 rings (SSSR count). The predicted octanol–water partition coefficient (Wildman–Crippen LogP) is 2.85.